The van der Waals surface area contributed by atoms with Gasteiger partial charge in [-0.1, -0.05) is 38.0 Å². The van der Waals surface area contributed by atoms with Crippen LogP contribution in [-0.4, -0.2) is 15.6 Å². The highest BCUT2D eigenvalue weighted by molar-refractivity contribution is 7.80. The molecule has 1 nitrogen and oxygen atoms in total. The van der Waals surface area contributed by atoms with Crippen LogP contribution in [-0.2, 0) is 16.9 Å². The van der Waals surface area contributed by atoms with Gasteiger partial charge in [-0.3, -0.25) is 0 Å². The van der Waals surface area contributed by atoms with E-state index < -0.39 is 9.04 Å². The molecule has 3 heteroatoms. The lowest BCUT2D eigenvalue weighted by Gasteiger charge is -2.21. The molecule has 0 unspecified atom stereocenters. The van der Waals surface area contributed by atoms with Crippen LogP contribution in [0.4, 0.5) is 0 Å². The van der Waals surface area contributed by atoms with E-state index in [4.69, 9.17) is 17.1 Å². The average Bonchev–Trinajstić information content (AvgIpc) is 2.36. The van der Waals surface area contributed by atoms with Gasteiger partial charge < -0.3 is 4.43 Å². The molecule has 1 aliphatic heterocycles. The van der Waals surface area contributed by atoms with Crippen molar-refractivity contribution in [1.29, 1.82) is 0 Å². The summed E-state index contributed by atoms with van der Waals surface area (Å²) in [7, 11) is -0.603. The molecule has 0 aromatic heterocycles. The van der Waals surface area contributed by atoms with E-state index >= 15 is 0 Å². The van der Waals surface area contributed by atoms with Gasteiger partial charge in [-0.05, 0) is 36.1 Å². The van der Waals surface area contributed by atoms with Crippen molar-refractivity contribution >= 4 is 21.7 Å². The summed E-state index contributed by atoms with van der Waals surface area (Å²) in [5.74, 6) is 0. The van der Waals surface area contributed by atoms with Crippen LogP contribution in [0.15, 0.2) is 23.1 Å². The topological polar surface area (TPSA) is 9.23 Å². The molecule has 1 aliphatic rings. The van der Waals surface area contributed by atoms with Gasteiger partial charge in [0.2, 0.25) is 9.04 Å². The molecule has 1 heterocycles. The number of hydrogen-bond acceptors (Lipinski definition) is 2. The first-order valence-corrected chi connectivity index (χ1v) is 8.85. The van der Waals surface area contributed by atoms with Crippen molar-refractivity contribution in [3.8, 4) is 0 Å². The SMILES string of the molecule is CCCc1cccc(C[Si]2CCCCO2)c1S. The van der Waals surface area contributed by atoms with E-state index in [1.54, 1.807) is 0 Å². The van der Waals surface area contributed by atoms with Gasteiger partial charge in [-0.25, -0.2) is 0 Å². The van der Waals surface area contributed by atoms with Crippen LogP contribution in [0.25, 0.3) is 0 Å². The molecule has 0 bridgehead atoms. The Morgan fingerprint density at radius 3 is 2.82 bits per heavy atom. The average molecular weight is 265 g/mol. The van der Waals surface area contributed by atoms with E-state index in [0.717, 1.165) is 19.1 Å². The Hall–Kier alpha value is -0.253. The molecule has 0 saturated carbocycles. The molecule has 0 spiro atoms. The number of rotatable bonds is 4. The first-order valence-electron chi connectivity index (χ1n) is 6.58. The predicted octanol–water partition coefficient (Wildman–Crippen LogP) is 3.81. The molecular formula is C14H21OSSi. The standard InChI is InChI=1S/C14H21OSSi/c1-2-6-12-7-5-8-13(14(12)16)11-17-10-4-3-9-15-17/h5,7-8,16H,2-4,6,9-11H2,1H3. The minimum atomic E-state index is -0.603. The van der Waals surface area contributed by atoms with Gasteiger partial charge in [0, 0.05) is 11.5 Å². The molecule has 0 N–H and O–H groups in total. The molecule has 0 atom stereocenters. The van der Waals surface area contributed by atoms with Crippen LogP contribution in [0.5, 0.6) is 0 Å². The summed E-state index contributed by atoms with van der Waals surface area (Å²) >= 11 is 4.71. The second-order valence-electron chi connectivity index (χ2n) is 4.70. The van der Waals surface area contributed by atoms with Gasteiger partial charge in [-0.15, -0.1) is 12.6 Å². The van der Waals surface area contributed by atoms with Crippen molar-refractivity contribution in [3.05, 3.63) is 29.3 Å². The first-order chi connectivity index (χ1) is 8.31. The fraction of sp³-hybridized carbons (Fsp3) is 0.571. The third-order valence-electron chi connectivity index (χ3n) is 3.27. The molecule has 1 radical (unpaired) electrons. The fourth-order valence-electron chi connectivity index (χ4n) is 2.32. The minimum Gasteiger partial charge on any atom is -0.416 e. The molecule has 1 saturated heterocycles. The molecule has 17 heavy (non-hydrogen) atoms. The maximum atomic E-state index is 5.90. The van der Waals surface area contributed by atoms with E-state index in [1.165, 1.54) is 41.3 Å². The summed E-state index contributed by atoms with van der Waals surface area (Å²) in [5.41, 5.74) is 2.79. The van der Waals surface area contributed by atoms with E-state index in [1.807, 2.05) is 0 Å². The zero-order valence-electron chi connectivity index (χ0n) is 10.5. The van der Waals surface area contributed by atoms with Crippen molar-refractivity contribution in [2.75, 3.05) is 6.61 Å². The van der Waals surface area contributed by atoms with Gasteiger partial charge in [0.25, 0.3) is 0 Å². The van der Waals surface area contributed by atoms with Crippen LogP contribution in [0.2, 0.25) is 6.04 Å². The highest BCUT2D eigenvalue weighted by Crippen LogP contribution is 2.24. The zero-order chi connectivity index (χ0) is 12.1. The molecule has 1 aromatic rings. The third-order valence-corrected chi connectivity index (χ3v) is 6.14. The number of benzene rings is 1. The molecule has 0 aliphatic carbocycles. The molecule has 1 aromatic carbocycles. The van der Waals surface area contributed by atoms with Crippen molar-refractivity contribution < 1.29 is 4.43 Å². The highest BCUT2D eigenvalue weighted by Gasteiger charge is 2.19. The number of hydrogen-bond donors (Lipinski definition) is 1. The molecule has 1 fully saturated rings. The third kappa shape index (κ3) is 3.60. The summed E-state index contributed by atoms with van der Waals surface area (Å²) in [6, 6.07) is 9.02. The molecular weight excluding hydrogens is 244 g/mol. The van der Waals surface area contributed by atoms with Crippen LogP contribution < -0.4 is 0 Å². The van der Waals surface area contributed by atoms with Crippen LogP contribution in [0, 0.1) is 0 Å². The Balaban J connectivity index is 2.06. The monoisotopic (exact) mass is 265 g/mol. The Labute approximate surface area is 112 Å². The lowest BCUT2D eigenvalue weighted by Crippen LogP contribution is -2.26. The Morgan fingerprint density at radius 2 is 2.12 bits per heavy atom. The van der Waals surface area contributed by atoms with Crippen molar-refractivity contribution in [3.63, 3.8) is 0 Å². The van der Waals surface area contributed by atoms with Crippen molar-refractivity contribution in [2.24, 2.45) is 0 Å². The second-order valence-corrected chi connectivity index (χ2v) is 7.36. The minimum absolute atomic E-state index is 0.603. The lowest BCUT2D eigenvalue weighted by molar-refractivity contribution is 0.286. The van der Waals surface area contributed by atoms with E-state index in [2.05, 4.69) is 25.1 Å². The van der Waals surface area contributed by atoms with Gasteiger partial charge >= 0.3 is 0 Å². The van der Waals surface area contributed by atoms with Gasteiger partial charge in [-0.2, -0.15) is 0 Å². The number of aryl methyl sites for hydroxylation is 1. The van der Waals surface area contributed by atoms with Crippen molar-refractivity contribution in [1.82, 2.24) is 0 Å². The Bertz CT molecular complexity index is 361. The molecule has 2 rings (SSSR count). The van der Waals surface area contributed by atoms with E-state index in [0.29, 0.717) is 0 Å². The van der Waals surface area contributed by atoms with Crippen LogP contribution >= 0.6 is 12.6 Å². The van der Waals surface area contributed by atoms with Crippen molar-refractivity contribution in [2.45, 2.75) is 49.6 Å². The normalized spacial score (nSPS) is 17.3. The number of thiol groups is 1. The maximum Gasteiger partial charge on any atom is 0.215 e. The second kappa shape index (κ2) is 6.62. The summed E-state index contributed by atoms with van der Waals surface area (Å²) in [4.78, 5) is 1.21. The summed E-state index contributed by atoms with van der Waals surface area (Å²) in [6.07, 6.45) is 4.92. The van der Waals surface area contributed by atoms with Gasteiger partial charge in [0.15, 0.2) is 0 Å². The Kier molecular flexibility index (Phi) is 5.13. The largest absolute Gasteiger partial charge is 0.416 e. The highest BCUT2D eigenvalue weighted by atomic mass is 32.1. The smallest absolute Gasteiger partial charge is 0.215 e. The summed E-state index contributed by atoms with van der Waals surface area (Å²) < 4.78 is 5.90. The fourth-order valence-corrected chi connectivity index (χ4v) is 5.03. The summed E-state index contributed by atoms with van der Waals surface area (Å²) in [5, 5.41) is 0. The molecule has 93 valence electrons. The van der Waals surface area contributed by atoms with Crippen LogP contribution in [0.3, 0.4) is 0 Å². The molecule has 0 amide bonds. The van der Waals surface area contributed by atoms with Gasteiger partial charge in [0.05, 0.1) is 0 Å². The maximum absolute atomic E-state index is 5.90. The predicted molar refractivity (Wildman–Crippen MR) is 77.1 cm³/mol. The van der Waals surface area contributed by atoms with E-state index in [-0.39, 0.29) is 0 Å². The van der Waals surface area contributed by atoms with E-state index in [9.17, 15) is 0 Å². The summed E-state index contributed by atoms with van der Waals surface area (Å²) in [6.45, 7) is 3.20. The Morgan fingerprint density at radius 1 is 1.29 bits per heavy atom. The first kappa shape index (κ1) is 13.2. The quantitative estimate of drug-likeness (QED) is 0.643. The van der Waals surface area contributed by atoms with Gasteiger partial charge in [0.1, 0.15) is 0 Å². The zero-order valence-corrected chi connectivity index (χ0v) is 12.4. The lowest BCUT2D eigenvalue weighted by atomic mass is 10.1. The van der Waals surface area contributed by atoms with Crippen LogP contribution in [0.1, 0.15) is 37.3 Å².